The molecule has 0 aliphatic heterocycles. The fourth-order valence-electron chi connectivity index (χ4n) is 1.40. The molecule has 1 aromatic rings. The number of hydrogen-bond acceptors (Lipinski definition) is 4. The molecule has 21 heavy (non-hydrogen) atoms. The summed E-state index contributed by atoms with van der Waals surface area (Å²) in [5, 5.41) is 21.4. The predicted molar refractivity (Wildman–Crippen MR) is 64.0 cm³/mol. The highest BCUT2D eigenvalue weighted by atomic mass is 19.4. The van der Waals surface area contributed by atoms with Crippen molar-refractivity contribution < 1.29 is 32.8 Å². The van der Waals surface area contributed by atoms with E-state index in [1.165, 1.54) is 0 Å². The number of carboxylic acid groups (broad SMARTS) is 1. The summed E-state index contributed by atoms with van der Waals surface area (Å²) in [5.74, 6) is -2.56. The topological polar surface area (TPSA) is 110 Å². The molecule has 1 aromatic carbocycles. The Morgan fingerprint density at radius 3 is 2.43 bits per heavy atom. The minimum Gasteiger partial charge on any atom is -0.478 e. The zero-order chi connectivity index (χ0) is 16.2. The van der Waals surface area contributed by atoms with Crippen LogP contribution in [0, 0.1) is 10.1 Å². The van der Waals surface area contributed by atoms with E-state index in [0.29, 0.717) is 0 Å². The van der Waals surface area contributed by atoms with Crippen molar-refractivity contribution in [2.45, 2.75) is 19.0 Å². The quantitative estimate of drug-likeness (QED) is 0.641. The molecule has 7 nitrogen and oxygen atoms in total. The average Bonchev–Trinajstić information content (AvgIpc) is 2.35. The minimum absolute atomic E-state index is 0.427. The summed E-state index contributed by atoms with van der Waals surface area (Å²) in [6.45, 7) is 0. The lowest BCUT2D eigenvalue weighted by Gasteiger charge is -2.09. The first-order chi connectivity index (χ1) is 9.60. The fraction of sp³-hybridized carbons (Fsp3) is 0.273. The largest absolute Gasteiger partial charge is 0.478 e. The summed E-state index contributed by atoms with van der Waals surface area (Å²) >= 11 is 0. The highest BCUT2D eigenvalue weighted by Gasteiger charge is 2.28. The van der Waals surface area contributed by atoms with Gasteiger partial charge in [-0.2, -0.15) is 13.2 Å². The maximum atomic E-state index is 12.0. The van der Waals surface area contributed by atoms with Crippen molar-refractivity contribution in [1.82, 2.24) is 0 Å². The van der Waals surface area contributed by atoms with E-state index in [9.17, 15) is 32.9 Å². The van der Waals surface area contributed by atoms with Crippen LogP contribution < -0.4 is 5.32 Å². The van der Waals surface area contributed by atoms with Gasteiger partial charge in [-0.05, 0) is 6.07 Å². The summed E-state index contributed by atoms with van der Waals surface area (Å²) in [6.07, 6.45) is -6.82. The van der Waals surface area contributed by atoms with Crippen molar-refractivity contribution in [3.8, 4) is 0 Å². The lowest BCUT2D eigenvalue weighted by atomic mass is 10.1. The van der Waals surface area contributed by atoms with Gasteiger partial charge in [-0.1, -0.05) is 0 Å². The third kappa shape index (κ3) is 5.09. The third-order valence-corrected chi connectivity index (χ3v) is 2.35. The summed E-state index contributed by atoms with van der Waals surface area (Å²) in [6, 6.07) is 2.57. The Labute approximate surface area is 115 Å². The van der Waals surface area contributed by atoms with E-state index < -0.39 is 52.8 Å². The monoisotopic (exact) mass is 306 g/mol. The number of rotatable bonds is 5. The first-order valence-corrected chi connectivity index (χ1v) is 5.48. The first kappa shape index (κ1) is 16.4. The summed E-state index contributed by atoms with van der Waals surface area (Å²) in [5.41, 5.74) is -1.38. The molecule has 0 aliphatic carbocycles. The van der Waals surface area contributed by atoms with Crippen molar-refractivity contribution in [2.24, 2.45) is 0 Å². The SMILES string of the molecule is O=C(CCC(F)(F)F)Nc1cc([N+](=O)[O-])ccc1C(=O)O. The van der Waals surface area contributed by atoms with Crippen LogP contribution in [0.5, 0.6) is 0 Å². The molecule has 0 atom stereocenters. The highest BCUT2D eigenvalue weighted by molar-refractivity contribution is 6.01. The number of nitro groups is 1. The second-order valence-electron chi connectivity index (χ2n) is 3.96. The van der Waals surface area contributed by atoms with E-state index in [4.69, 9.17) is 5.11 Å². The van der Waals surface area contributed by atoms with Crippen molar-refractivity contribution in [2.75, 3.05) is 5.32 Å². The molecule has 0 aromatic heterocycles. The fourth-order valence-corrected chi connectivity index (χ4v) is 1.40. The van der Waals surface area contributed by atoms with Crippen molar-refractivity contribution >= 4 is 23.3 Å². The molecule has 0 fully saturated rings. The van der Waals surface area contributed by atoms with Gasteiger partial charge in [0.2, 0.25) is 5.91 Å². The minimum atomic E-state index is -4.53. The summed E-state index contributed by atoms with van der Waals surface area (Å²) in [7, 11) is 0. The molecule has 10 heteroatoms. The molecule has 0 spiro atoms. The Kier molecular flexibility index (Phi) is 4.84. The van der Waals surface area contributed by atoms with E-state index in [1.54, 1.807) is 0 Å². The molecule has 1 amide bonds. The van der Waals surface area contributed by atoms with Gasteiger partial charge in [-0.3, -0.25) is 14.9 Å². The molecule has 0 aliphatic rings. The number of alkyl halides is 3. The Hall–Kier alpha value is -2.65. The van der Waals surface area contributed by atoms with E-state index in [0.717, 1.165) is 18.2 Å². The average molecular weight is 306 g/mol. The maximum absolute atomic E-state index is 12.0. The van der Waals surface area contributed by atoms with Gasteiger partial charge in [-0.15, -0.1) is 0 Å². The van der Waals surface area contributed by atoms with Crippen LogP contribution in [-0.4, -0.2) is 28.1 Å². The predicted octanol–water partition coefficient (Wildman–Crippen LogP) is 2.57. The highest BCUT2D eigenvalue weighted by Crippen LogP contribution is 2.25. The summed E-state index contributed by atoms with van der Waals surface area (Å²) < 4.78 is 35.9. The number of anilines is 1. The van der Waals surface area contributed by atoms with E-state index >= 15 is 0 Å². The molecule has 0 saturated carbocycles. The number of carbonyl (C=O) groups excluding carboxylic acids is 1. The Morgan fingerprint density at radius 2 is 1.95 bits per heavy atom. The smallest absolute Gasteiger partial charge is 0.389 e. The number of nitrogens with one attached hydrogen (secondary N) is 1. The van der Waals surface area contributed by atoms with Crippen LogP contribution in [-0.2, 0) is 4.79 Å². The van der Waals surface area contributed by atoms with Gasteiger partial charge in [0, 0.05) is 18.6 Å². The maximum Gasteiger partial charge on any atom is 0.389 e. The Morgan fingerprint density at radius 1 is 1.33 bits per heavy atom. The molecule has 0 bridgehead atoms. The number of aromatic carboxylic acids is 1. The first-order valence-electron chi connectivity index (χ1n) is 5.48. The second-order valence-corrected chi connectivity index (χ2v) is 3.96. The molecule has 114 valence electrons. The molecular formula is C11H9F3N2O5. The number of hydrogen-bond donors (Lipinski definition) is 2. The Balaban J connectivity index is 2.94. The van der Waals surface area contributed by atoms with Crippen LogP contribution in [0.25, 0.3) is 0 Å². The number of carboxylic acids is 1. The number of amides is 1. The number of halogens is 3. The molecule has 0 unspecified atom stereocenters. The molecule has 1 rings (SSSR count). The van der Waals surface area contributed by atoms with Crippen LogP contribution in [0.4, 0.5) is 24.5 Å². The van der Waals surface area contributed by atoms with Gasteiger partial charge < -0.3 is 10.4 Å². The zero-order valence-electron chi connectivity index (χ0n) is 10.3. The number of nitro benzene ring substituents is 1. The zero-order valence-corrected chi connectivity index (χ0v) is 10.3. The third-order valence-electron chi connectivity index (χ3n) is 2.35. The molecule has 2 N–H and O–H groups in total. The van der Waals surface area contributed by atoms with E-state index in [1.807, 2.05) is 5.32 Å². The lowest BCUT2D eigenvalue weighted by Crippen LogP contribution is -2.18. The van der Waals surface area contributed by atoms with Crippen molar-refractivity contribution in [3.63, 3.8) is 0 Å². The number of nitrogens with zero attached hydrogens (tertiary/aromatic N) is 1. The van der Waals surface area contributed by atoms with Gasteiger partial charge in [-0.25, -0.2) is 4.79 Å². The normalized spacial score (nSPS) is 11.0. The molecule has 0 heterocycles. The van der Waals surface area contributed by atoms with Crippen LogP contribution in [0.1, 0.15) is 23.2 Å². The number of benzene rings is 1. The van der Waals surface area contributed by atoms with Gasteiger partial charge in [0.05, 0.1) is 22.6 Å². The van der Waals surface area contributed by atoms with Crippen molar-refractivity contribution in [1.29, 1.82) is 0 Å². The Bertz CT molecular complexity index is 586. The number of carbonyl (C=O) groups is 2. The van der Waals surface area contributed by atoms with Crippen LogP contribution in [0.3, 0.4) is 0 Å². The van der Waals surface area contributed by atoms with Gasteiger partial charge in [0.1, 0.15) is 0 Å². The molecule has 0 saturated heterocycles. The molecular weight excluding hydrogens is 297 g/mol. The van der Waals surface area contributed by atoms with Crippen molar-refractivity contribution in [3.05, 3.63) is 33.9 Å². The van der Waals surface area contributed by atoms with E-state index in [-0.39, 0.29) is 0 Å². The second kappa shape index (κ2) is 6.20. The van der Waals surface area contributed by atoms with Crippen LogP contribution >= 0.6 is 0 Å². The van der Waals surface area contributed by atoms with Crippen LogP contribution in [0.15, 0.2) is 18.2 Å². The summed E-state index contributed by atoms with van der Waals surface area (Å²) in [4.78, 5) is 32.0. The van der Waals surface area contributed by atoms with Gasteiger partial charge >= 0.3 is 12.1 Å². The number of non-ortho nitro benzene ring substituents is 1. The van der Waals surface area contributed by atoms with Crippen LogP contribution in [0.2, 0.25) is 0 Å². The van der Waals surface area contributed by atoms with Gasteiger partial charge in [0.15, 0.2) is 0 Å². The van der Waals surface area contributed by atoms with Gasteiger partial charge in [0.25, 0.3) is 5.69 Å². The standard InChI is InChI=1S/C11H9F3N2O5/c12-11(13,14)4-3-9(17)15-8-5-6(16(20)21)1-2-7(8)10(18)19/h1-2,5H,3-4H2,(H,15,17)(H,18,19). The van der Waals surface area contributed by atoms with E-state index in [2.05, 4.69) is 0 Å². The lowest BCUT2D eigenvalue weighted by molar-refractivity contribution is -0.384. The molecule has 0 radical (unpaired) electrons.